The SMILES string of the molecule is OC1CC[C@@H](c2nc3ccccc3n2-c2ccc(Oc3ccc(F)cc3)cc2)N1. The van der Waals surface area contributed by atoms with E-state index in [4.69, 9.17) is 9.72 Å². The van der Waals surface area contributed by atoms with E-state index in [1.54, 1.807) is 12.1 Å². The quantitative estimate of drug-likeness (QED) is 0.531. The van der Waals surface area contributed by atoms with Crippen LogP contribution in [0.2, 0.25) is 0 Å². The highest BCUT2D eigenvalue weighted by Gasteiger charge is 2.28. The molecule has 1 aliphatic heterocycles. The number of para-hydroxylation sites is 2. The van der Waals surface area contributed by atoms with Crippen molar-refractivity contribution in [2.45, 2.75) is 25.1 Å². The van der Waals surface area contributed by atoms with Crippen LogP contribution in [0.1, 0.15) is 24.7 Å². The molecule has 0 saturated carbocycles. The largest absolute Gasteiger partial charge is 0.457 e. The first-order valence-electron chi connectivity index (χ1n) is 9.63. The standard InChI is InChI=1S/C23H20FN3O2/c24-15-5-9-17(10-6-15)29-18-11-7-16(8-12-18)27-21-4-2-1-3-19(21)26-23(27)20-13-14-22(28)25-20/h1-12,20,22,25,28H,13-14H2/t20-,22?/m0/s1. The van der Waals surface area contributed by atoms with Gasteiger partial charge < -0.3 is 9.84 Å². The molecule has 0 bridgehead atoms. The molecule has 0 spiro atoms. The Bertz CT molecular complexity index is 1140. The van der Waals surface area contributed by atoms with Crippen LogP contribution in [0, 0.1) is 5.82 Å². The normalized spacial score (nSPS) is 19.0. The second kappa shape index (κ2) is 7.31. The lowest BCUT2D eigenvalue weighted by molar-refractivity contribution is 0.154. The lowest BCUT2D eigenvalue weighted by atomic mass is 10.2. The van der Waals surface area contributed by atoms with Gasteiger partial charge in [0.15, 0.2) is 0 Å². The van der Waals surface area contributed by atoms with Gasteiger partial charge in [-0.3, -0.25) is 9.88 Å². The highest BCUT2D eigenvalue weighted by Crippen LogP contribution is 2.32. The molecule has 5 nitrogen and oxygen atoms in total. The highest BCUT2D eigenvalue weighted by atomic mass is 19.1. The number of rotatable bonds is 4. The number of aliphatic hydroxyl groups is 1. The van der Waals surface area contributed by atoms with E-state index in [2.05, 4.69) is 9.88 Å². The number of ether oxygens (including phenoxy) is 1. The summed E-state index contributed by atoms with van der Waals surface area (Å²) in [6, 6.07) is 21.6. The molecule has 0 amide bonds. The number of nitrogens with one attached hydrogen (secondary N) is 1. The van der Waals surface area contributed by atoms with Crippen LogP contribution in [0.15, 0.2) is 72.8 Å². The number of hydrogen-bond donors (Lipinski definition) is 2. The van der Waals surface area contributed by atoms with Crippen LogP contribution in [0.4, 0.5) is 4.39 Å². The molecular weight excluding hydrogens is 369 g/mol. The van der Waals surface area contributed by atoms with Crippen molar-refractivity contribution < 1.29 is 14.2 Å². The maximum atomic E-state index is 13.1. The van der Waals surface area contributed by atoms with Crippen molar-refractivity contribution in [2.24, 2.45) is 0 Å². The maximum Gasteiger partial charge on any atom is 0.131 e. The smallest absolute Gasteiger partial charge is 0.131 e. The Morgan fingerprint density at radius 2 is 1.62 bits per heavy atom. The number of benzene rings is 3. The summed E-state index contributed by atoms with van der Waals surface area (Å²) in [5.74, 6) is 1.84. The Morgan fingerprint density at radius 3 is 2.31 bits per heavy atom. The van der Waals surface area contributed by atoms with Gasteiger partial charge in [-0.25, -0.2) is 9.37 Å². The molecule has 2 heterocycles. The average Bonchev–Trinajstić information content (AvgIpc) is 3.34. The van der Waals surface area contributed by atoms with Gasteiger partial charge in [0.2, 0.25) is 0 Å². The molecule has 3 aromatic carbocycles. The molecule has 5 rings (SSSR count). The second-order valence-corrected chi connectivity index (χ2v) is 7.16. The van der Waals surface area contributed by atoms with Gasteiger partial charge in [-0.1, -0.05) is 12.1 Å². The summed E-state index contributed by atoms with van der Waals surface area (Å²) in [6.45, 7) is 0. The average molecular weight is 389 g/mol. The minimum Gasteiger partial charge on any atom is -0.457 e. The van der Waals surface area contributed by atoms with Crippen molar-refractivity contribution in [3.05, 3.63) is 84.4 Å². The first-order chi connectivity index (χ1) is 14.2. The summed E-state index contributed by atoms with van der Waals surface area (Å²) in [5.41, 5.74) is 2.89. The van der Waals surface area contributed by atoms with Crippen molar-refractivity contribution in [1.29, 1.82) is 0 Å². The van der Waals surface area contributed by atoms with Crippen molar-refractivity contribution in [3.8, 4) is 17.2 Å². The van der Waals surface area contributed by atoms with Crippen LogP contribution in [0.3, 0.4) is 0 Å². The van der Waals surface area contributed by atoms with Crippen LogP contribution in [-0.4, -0.2) is 20.9 Å². The van der Waals surface area contributed by atoms with Crippen molar-refractivity contribution in [2.75, 3.05) is 0 Å². The first kappa shape index (κ1) is 17.8. The molecule has 1 aliphatic rings. The van der Waals surface area contributed by atoms with E-state index in [0.29, 0.717) is 17.9 Å². The second-order valence-electron chi connectivity index (χ2n) is 7.16. The molecular formula is C23H20FN3O2. The minimum atomic E-state index is -0.500. The summed E-state index contributed by atoms with van der Waals surface area (Å²) in [6.07, 6.45) is 1.04. The Kier molecular flexibility index (Phi) is 4.50. The monoisotopic (exact) mass is 389 g/mol. The third-order valence-electron chi connectivity index (χ3n) is 5.17. The van der Waals surface area contributed by atoms with Gasteiger partial charge in [0.1, 0.15) is 29.4 Å². The number of fused-ring (bicyclic) bond motifs is 1. The summed E-state index contributed by atoms with van der Waals surface area (Å²) in [4.78, 5) is 4.83. The lowest BCUT2D eigenvalue weighted by Gasteiger charge is -2.15. The van der Waals surface area contributed by atoms with Crippen LogP contribution in [0.5, 0.6) is 11.5 Å². The van der Waals surface area contributed by atoms with E-state index in [1.165, 1.54) is 12.1 Å². The molecule has 0 radical (unpaired) electrons. The zero-order chi connectivity index (χ0) is 19.8. The number of imidazole rings is 1. The third-order valence-corrected chi connectivity index (χ3v) is 5.17. The zero-order valence-corrected chi connectivity index (χ0v) is 15.6. The number of hydrogen-bond acceptors (Lipinski definition) is 4. The molecule has 1 unspecified atom stereocenters. The van der Waals surface area contributed by atoms with Crippen molar-refractivity contribution in [1.82, 2.24) is 14.9 Å². The molecule has 1 aromatic heterocycles. The maximum absolute atomic E-state index is 13.1. The topological polar surface area (TPSA) is 59.3 Å². The molecule has 4 aromatic rings. The number of nitrogens with zero attached hydrogens (tertiary/aromatic N) is 2. The third kappa shape index (κ3) is 3.48. The Balaban J connectivity index is 1.50. The molecule has 146 valence electrons. The van der Waals surface area contributed by atoms with E-state index in [9.17, 15) is 9.50 Å². The number of halogens is 1. The predicted molar refractivity (Wildman–Crippen MR) is 109 cm³/mol. The summed E-state index contributed by atoms with van der Waals surface area (Å²) < 4.78 is 21.0. The highest BCUT2D eigenvalue weighted by molar-refractivity contribution is 5.78. The molecule has 2 N–H and O–H groups in total. The summed E-state index contributed by atoms with van der Waals surface area (Å²) >= 11 is 0. The van der Waals surface area contributed by atoms with Crippen molar-refractivity contribution in [3.63, 3.8) is 0 Å². The summed E-state index contributed by atoms with van der Waals surface area (Å²) in [5, 5.41) is 13.1. The van der Waals surface area contributed by atoms with E-state index in [0.717, 1.165) is 29.0 Å². The Morgan fingerprint density at radius 1 is 0.931 bits per heavy atom. The fourth-order valence-electron chi connectivity index (χ4n) is 3.78. The van der Waals surface area contributed by atoms with E-state index >= 15 is 0 Å². The van der Waals surface area contributed by atoms with Gasteiger partial charge in [-0.15, -0.1) is 0 Å². The Hall–Kier alpha value is -3.22. The van der Waals surface area contributed by atoms with Gasteiger partial charge in [-0.2, -0.15) is 0 Å². The van der Waals surface area contributed by atoms with E-state index in [1.807, 2.05) is 48.5 Å². The number of aromatic nitrogens is 2. The van der Waals surface area contributed by atoms with Crippen LogP contribution >= 0.6 is 0 Å². The van der Waals surface area contributed by atoms with Crippen LogP contribution < -0.4 is 10.1 Å². The van der Waals surface area contributed by atoms with Gasteiger partial charge in [0.25, 0.3) is 0 Å². The first-order valence-corrected chi connectivity index (χ1v) is 9.63. The minimum absolute atomic E-state index is 0.00691. The van der Waals surface area contributed by atoms with Crippen LogP contribution in [-0.2, 0) is 0 Å². The fourth-order valence-corrected chi connectivity index (χ4v) is 3.78. The molecule has 0 aliphatic carbocycles. The predicted octanol–water partition coefficient (Wildman–Crippen LogP) is 4.70. The van der Waals surface area contributed by atoms with Gasteiger partial charge in [0, 0.05) is 5.69 Å². The van der Waals surface area contributed by atoms with Crippen LogP contribution in [0.25, 0.3) is 16.7 Å². The van der Waals surface area contributed by atoms with Gasteiger partial charge in [-0.05, 0) is 73.5 Å². The van der Waals surface area contributed by atoms with E-state index < -0.39 is 6.23 Å². The Labute approximate surface area is 167 Å². The van der Waals surface area contributed by atoms with Gasteiger partial charge in [0.05, 0.1) is 17.1 Å². The van der Waals surface area contributed by atoms with E-state index in [-0.39, 0.29) is 11.9 Å². The molecule has 6 heteroatoms. The molecule has 29 heavy (non-hydrogen) atoms. The zero-order valence-electron chi connectivity index (χ0n) is 15.6. The molecule has 1 saturated heterocycles. The molecule has 2 atom stereocenters. The van der Waals surface area contributed by atoms with Gasteiger partial charge >= 0.3 is 0 Å². The lowest BCUT2D eigenvalue weighted by Crippen LogP contribution is -2.25. The summed E-state index contributed by atoms with van der Waals surface area (Å²) in [7, 11) is 0. The van der Waals surface area contributed by atoms with Crippen molar-refractivity contribution >= 4 is 11.0 Å². The number of aliphatic hydroxyl groups excluding tert-OH is 1. The molecule has 1 fully saturated rings. The fraction of sp³-hybridized carbons (Fsp3) is 0.174.